The minimum absolute atomic E-state index is 0.0263. The Kier molecular flexibility index (Phi) is 7.71. The van der Waals surface area contributed by atoms with Gasteiger partial charge in [0, 0.05) is 5.69 Å². The van der Waals surface area contributed by atoms with Crippen LogP contribution in [0.3, 0.4) is 0 Å². The molecule has 0 atom stereocenters. The second-order valence-corrected chi connectivity index (χ2v) is 10.3. The SMILES string of the molecule is CS(=O)(=O)Nc1cccc(Nc2nc(N)nc(Nc3cc(S(=O)(=O)O)ccc3SOOO)n2)c1. The largest absolute Gasteiger partial charge is 0.368 e. The summed E-state index contributed by atoms with van der Waals surface area (Å²) in [5, 5.41) is 17.5. The molecule has 3 rings (SSSR count). The van der Waals surface area contributed by atoms with Gasteiger partial charge >= 0.3 is 0 Å². The first kappa shape index (κ1) is 25.4. The third-order valence-corrected chi connectivity index (χ3v) is 5.84. The minimum Gasteiger partial charge on any atom is -0.368 e. The van der Waals surface area contributed by atoms with Crippen molar-refractivity contribution < 1.29 is 36.0 Å². The van der Waals surface area contributed by atoms with Crippen molar-refractivity contribution in [3.05, 3.63) is 42.5 Å². The molecule has 15 nitrogen and oxygen atoms in total. The average Bonchev–Trinajstić information content (AvgIpc) is 2.70. The van der Waals surface area contributed by atoms with Gasteiger partial charge in [-0.3, -0.25) is 9.27 Å². The zero-order valence-corrected chi connectivity index (χ0v) is 19.5. The molecule has 0 unspecified atom stereocenters. The highest BCUT2D eigenvalue weighted by atomic mass is 32.2. The van der Waals surface area contributed by atoms with Gasteiger partial charge in [0.05, 0.1) is 39.5 Å². The highest BCUT2D eigenvalue weighted by Crippen LogP contribution is 2.32. The zero-order valence-electron chi connectivity index (χ0n) is 17.0. The van der Waals surface area contributed by atoms with Crippen LogP contribution in [0.25, 0.3) is 0 Å². The predicted molar refractivity (Wildman–Crippen MR) is 123 cm³/mol. The third kappa shape index (κ3) is 7.38. The number of hydrogen-bond donors (Lipinski definition) is 6. The topological polar surface area (TPSA) is 228 Å². The van der Waals surface area contributed by atoms with Gasteiger partial charge in [-0.15, -0.1) is 4.33 Å². The van der Waals surface area contributed by atoms with Crippen LogP contribution in [0.15, 0.2) is 52.3 Å². The molecule has 34 heavy (non-hydrogen) atoms. The van der Waals surface area contributed by atoms with Gasteiger partial charge in [0.15, 0.2) is 0 Å². The number of aromatic nitrogens is 3. The molecule has 0 radical (unpaired) electrons. The van der Waals surface area contributed by atoms with Crippen LogP contribution in [0.1, 0.15) is 0 Å². The van der Waals surface area contributed by atoms with E-state index < -0.39 is 25.0 Å². The summed E-state index contributed by atoms with van der Waals surface area (Å²) in [5.41, 5.74) is 6.51. The number of rotatable bonds is 10. The van der Waals surface area contributed by atoms with E-state index in [-0.39, 0.29) is 28.4 Å². The lowest BCUT2D eigenvalue weighted by molar-refractivity contribution is -0.432. The molecular weight excluding hydrogens is 514 g/mol. The first-order chi connectivity index (χ1) is 15.9. The van der Waals surface area contributed by atoms with Crippen molar-refractivity contribution in [3.8, 4) is 0 Å². The lowest BCUT2D eigenvalue weighted by atomic mass is 10.3. The van der Waals surface area contributed by atoms with Gasteiger partial charge in [0.2, 0.25) is 27.9 Å². The van der Waals surface area contributed by atoms with Crippen LogP contribution in [-0.2, 0) is 29.5 Å². The van der Waals surface area contributed by atoms with E-state index in [0.29, 0.717) is 23.4 Å². The molecule has 0 bridgehead atoms. The molecule has 0 saturated carbocycles. The van der Waals surface area contributed by atoms with Crippen molar-refractivity contribution in [1.82, 2.24) is 15.0 Å². The van der Waals surface area contributed by atoms with Crippen LogP contribution in [0.5, 0.6) is 0 Å². The summed E-state index contributed by atoms with van der Waals surface area (Å²) in [5.74, 6) is -0.359. The summed E-state index contributed by atoms with van der Waals surface area (Å²) < 4.78 is 61.9. The second kappa shape index (κ2) is 10.3. The summed E-state index contributed by atoms with van der Waals surface area (Å²) in [6, 6.07) is 9.66. The Labute approximate surface area is 197 Å². The molecular formula is C16H17N7O8S3. The van der Waals surface area contributed by atoms with E-state index in [0.717, 1.165) is 18.4 Å². The molecule has 0 fully saturated rings. The number of anilines is 6. The van der Waals surface area contributed by atoms with Crippen molar-refractivity contribution in [2.24, 2.45) is 0 Å². The number of hydrogen-bond acceptors (Lipinski definition) is 14. The van der Waals surface area contributed by atoms with E-state index in [9.17, 15) is 21.4 Å². The van der Waals surface area contributed by atoms with Crippen LogP contribution in [-0.4, -0.2) is 47.9 Å². The molecule has 2 aromatic carbocycles. The summed E-state index contributed by atoms with van der Waals surface area (Å²) in [7, 11) is -8.02. The van der Waals surface area contributed by atoms with E-state index in [1.807, 2.05) is 0 Å². The number of benzene rings is 2. The van der Waals surface area contributed by atoms with Crippen molar-refractivity contribution in [3.63, 3.8) is 0 Å². The highest BCUT2D eigenvalue weighted by Gasteiger charge is 2.16. The van der Waals surface area contributed by atoms with Gasteiger partial charge in [-0.2, -0.15) is 23.4 Å². The zero-order chi connectivity index (χ0) is 24.9. The molecule has 0 aliphatic carbocycles. The van der Waals surface area contributed by atoms with Gasteiger partial charge in [0.25, 0.3) is 10.1 Å². The molecule has 0 amide bonds. The summed E-state index contributed by atoms with van der Waals surface area (Å²) in [6.07, 6.45) is 1.01. The van der Waals surface area contributed by atoms with Crippen molar-refractivity contribution in [2.75, 3.05) is 27.3 Å². The van der Waals surface area contributed by atoms with Crippen molar-refractivity contribution >= 4 is 67.1 Å². The number of nitrogens with two attached hydrogens (primary N) is 1. The Morgan fingerprint density at radius 3 is 2.29 bits per heavy atom. The number of sulfonamides is 1. The molecule has 1 heterocycles. The maximum atomic E-state index is 11.5. The molecule has 1 aromatic heterocycles. The maximum absolute atomic E-state index is 11.5. The van der Waals surface area contributed by atoms with Gasteiger partial charge in [-0.25, -0.2) is 13.7 Å². The quantitative estimate of drug-likeness (QED) is 0.0950. The number of nitrogens with one attached hydrogen (secondary N) is 3. The molecule has 182 valence electrons. The van der Waals surface area contributed by atoms with Crippen LogP contribution in [0.2, 0.25) is 0 Å². The monoisotopic (exact) mass is 531 g/mol. The van der Waals surface area contributed by atoms with E-state index in [4.69, 9.17) is 11.0 Å². The van der Waals surface area contributed by atoms with Crippen LogP contribution < -0.4 is 21.1 Å². The molecule has 3 aromatic rings. The van der Waals surface area contributed by atoms with Crippen LogP contribution in [0.4, 0.5) is 34.9 Å². The van der Waals surface area contributed by atoms with Crippen molar-refractivity contribution in [2.45, 2.75) is 9.79 Å². The van der Waals surface area contributed by atoms with Gasteiger partial charge < -0.3 is 16.4 Å². The van der Waals surface area contributed by atoms with Crippen LogP contribution >= 0.6 is 12.0 Å². The third-order valence-electron chi connectivity index (χ3n) is 3.72. The fraction of sp³-hybridized carbons (Fsp3) is 0.0625. The lowest BCUT2D eigenvalue weighted by Gasteiger charge is -2.12. The molecule has 0 saturated heterocycles. The number of nitrogen functional groups attached to an aromatic ring is 1. The molecule has 7 N–H and O–H groups in total. The Morgan fingerprint density at radius 1 is 0.971 bits per heavy atom. The maximum Gasteiger partial charge on any atom is 0.294 e. The van der Waals surface area contributed by atoms with E-state index >= 15 is 0 Å². The highest BCUT2D eigenvalue weighted by molar-refractivity contribution is 7.94. The number of nitrogens with zero attached hydrogens (tertiary/aromatic N) is 3. The summed E-state index contributed by atoms with van der Waals surface area (Å²) >= 11 is 0.517. The average molecular weight is 532 g/mol. The molecule has 0 aliphatic heterocycles. The van der Waals surface area contributed by atoms with Gasteiger partial charge in [-0.05, 0) is 36.4 Å². The first-order valence-electron chi connectivity index (χ1n) is 8.83. The first-order valence-corrected chi connectivity index (χ1v) is 12.9. The standard InChI is InChI=1S/C16H17N7O8S3/c1-33(25,26)23-10-4-2-3-9(7-10)18-15-20-14(17)21-16(22-15)19-12-8-11(34(27,28)29)5-6-13(12)32-31-30-24/h2-8,23-24H,1H3,(H,27,28,29)(H4,17,18,19,20,21,22). The molecule has 0 spiro atoms. The van der Waals surface area contributed by atoms with E-state index in [1.54, 1.807) is 18.2 Å². The summed E-state index contributed by atoms with van der Waals surface area (Å²) in [4.78, 5) is 11.8. The second-order valence-electron chi connectivity index (χ2n) is 6.40. The molecule has 18 heteroatoms. The Morgan fingerprint density at radius 2 is 1.65 bits per heavy atom. The van der Waals surface area contributed by atoms with Crippen LogP contribution in [0, 0.1) is 0 Å². The van der Waals surface area contributed by atoms with Crippen molar-refractivity contribution in [1.29, 1.82) is 0 Å². The Hall–Kier alpha value is -3.26. The normalized spacial score (nSPS) is 11.7. The molecule has 0 aliphatic rings. The minimum atomic E-state index is -4.54. The fourth-order valence-electron chi connectivity index (χ4n) is 2.52. The fourth-order valence-corrected chi connectivity index (χ4v) is 4.01. The Bertz CT molecular complexity index is 1400. The smallest absolute Gasteiger partial charge is 0.294 e. The van der Waals surface area contributed by atoms with Gasteiger partial charge in [0.1, 0.15) is 0 Å². The predicted octanol–water partition coefficient (Wildman–Crippen LogP) is 1.99. The van der Waals surface area contributed by atoms with E-state index in [1.165, 1.54) is 12.1 Å². The lowest BCUT2D eigenvalue weighted by Crippen LogP contribution is -2.10. The van der Waals surface area contributed by atoms with E-state index in [2.05, 4.69) is 39.7 Å². The summed E-state index contributed by atoms with van der Waals surface area (Å²) in [6.45, 7) is 0. The van der Waals surface area contributed by atoms with Gasteiger partial charge in [-0.1, -0.05) is 11.1 Å². The Balaban J connectivity index is 1.91.